The number of amides is 2. The number of carbonyl (C=O) groups excluding carboxylic acids is 2. The van der Waals surface area contributed by atoms with Crippen LogP contribution in [-0.4, -0.2) is 53.3 Å². The number of hydrogen-bond donors (Lipinski definition) is 1. The first-order chi connectivity index (χ1) is 11.4. The Balaban J connectivity index is 1.60. The Morgan fingerprint density at radius 2 is 1.83 bits per heavy atom. The zero-order valence-corrected chi connectivity index (χ0v) is 14.7. The Labute approximate surface area is 143 Å². The molecule has 1 aromatic carbocycles. The van der Waals surface area contributed by atoms with Gasteiger partial charge in [0.2, 0.25) is 11.8 Å². The molecule has 2 amide bonds. The summed E-state index contributed by atoms with van der Waals surface area (Å²) in [4.78, 5) is 28.5. The maximum Gasteiger partial charge on any atom is 0.248 e. The highest BCUT2D eigenvalue weighted by Gasteiger charge is 2.47. The lowest BCUT2D eigenvalue weighted by Gasteiger charge is -2.41. The van der Waals surface area contributed by atoms with Crippen molar-refractivity contribution in [3.63, 3.8) is 0 Å². The number of rotatable bonds is 4. The highest BCUT2D eigenvalue weighted by atomic mass is 16.2. The second kappa shape index (κ2) is 6.55. The number of carbonyl (C=O) groups is 2. The molecule has 2 fully saturated rings. The van der Waals surface area contributed by atoms with Crippen LogP contribution >= 0.6 is 0 Å². The van der Waals surface area contributed by atoms with Gasteiger partial charge in [0.25, 0.3) is 0 Å². The number of benzene rings is 1. The molecule has 1 aliphatic heterocycles. The van der Waals surface area contributed by atoms with Crippen LogP contribution in [0.5, 0.6) is 0 Å². The van der Waals surface area contributed by atoms with Crippen molar-refractivity contribution in [1.82, 2.24) is 9.80 Å². The van der Waals surface area contributed by atoms with Gasteiger partial charge in [-0.2, -0.15) is 0 Å². The van der Waals surface area contributed by atoms with Crippen molar-refractivity contribution in [1.29, 1.82) is 0 Å². The Morgan fingerprint density at radius 3 is 2.38 bits per heavy atom. The van der Waals surface area contributed by atoms with Gasteiger partial charge in [0.1, 0.15) is 0 Å². The van der Waals surface area contributed by atoms with E-state index in [0.717, 1.165) is 31.6 Å². The van der Waals surface area contributed by atoms with E-state index in [0.29, 0.717) is 11.6 Å². The van der Waals surface area contributed by atoms with E-state index in [1.807, 2.05) is 12.1 Å². The molecule has 0 unspecified atom stereocenters. The van der Waals surface area contributed by atoms with E-state index in [4.69, 9.17) is 5.73 Å². The van der Waals surface area contributed by atoms with Gasteiger partial charge in [-0.3, -0.25) is 14.5 Å². The van der Waals surface area contributed by atoms with E-state index in [1.54, 1.807) is 12.1 Å². The zero-order valence-electron chi connectivity index (χ0n) is 14.7. The quantitative estimate of drug-likeness (QED) is 0.916. The molecule has 1 saturated carbocycles. The zero-order chi connectivity index (χ0) is 17.4. The third-order valence-electron chi connectivity index (χ3n) is 5.40. The minimum Gasteiger partial charge on any atom is -0.366 e. The molecular formula is C19H27N3O2. The molecule has 1 aromatic rings. The summed E-state index contributed by atoms with van der Waals surface area (Å²) < 4.78 is 0. The van der Waals surface area contributed by atoms with Gasteiger partial charge in [-0.05, 0) is 50.8 Å². The van der Waals surface area contributed by atoms with Crippen LogP contribution in [0.15, 0.2) is 24.3 Å². The highest BCUT2D eigenvalue weighted by molar-refractivity contribution is 5.92. The molecule has 5 nitrogen and oxygen atoms in total. The van der Waals surface area contributed by atoms with Crippen LogP contribution in [0.3, 0.4) is 0 Å². The molecule has 24 heavy (non-hydrogen) atoms. The van der Waals surface area contributed by atoms with Gasteiger partial charge in [0.15, 0.2) is 0 Å². The molecule has 0 bridgehead atoms. The summed E-state index contributed by atoms with van der Waals surface area (Å²) in [6.07, 6.45) is 0.909. The standard InChI is InChI=1S/C19H27N3O2/c1-12(2)21-8-9-22(13(3)11-21)19(24)17-10-16(17)14-4-6-15(7-5-14)18(20)23/h4-7,12-13,16-17H,8-11H2,1-3H3,(H2,20,23)/t13-,16-,17+/m0/s1. The van der Waals surface area contributed by atoms with Crippen molar-refractivity contribution >= 4 is 11.8 Å². The molecule has 0 aromatic heterocycles. The second-order valence-corrected chi connectivity index (χ2v) is 7.40. The van der Waals surface area contributed by atoms with Gasteiger partial charge in [0.05, 0.1) is 0 Å². The lowest BCUT2D eigenvalue weighted by Crippen LogP contribution is -2.56. The molecular weight excluding hydrogens is 302 g/mol. The van der Waals surface area contributed by atoms with Crippen LogP contribution in [-0.2, 0) is 4.79 Å². The fourth-order valence-corrected chi connectivity index (χ4v) is 3.73. The first-order valence-corrected chi connectivity index (χ1v) is 8.82. The summed E-state index contributed by atoms with van der Waals surface area (Å²) in [7, 11) is 0. The third kappa shape index (κ3) is 3.31. The molecule has 1 aliphatic carbocycles. The van der Waals surface area contributed by atoms with Crippen LogP contribution in [0.2, 0.25) is 0 Å². The summed E-state index contributed by atoms with van der Waals surface area (Å²) in [6, 6.07) is 8.16. The Kier molecular flexibility index (Phi) is 4.63. The maximum atomic E-state index is 12.8. The van der Waals surface area contributed by atoms with Gasteiger partial charge in [-0.1, -0.05) is 12.1 Å². The van der Waals surface area contributed by atoms with Gasteiger partial charge in [0, 0.05) is 43.2 Å². The second-order valence-electron chi connectivity index (χ2n) is 7.40. The number of primary amides is 1. The fraction of sp³-hybridized carbons (Fsp3) is 0.579. The molecule has 2 N–H and O–H groups in total. The van der Waals surface area contributed by atoms with Crippen molar-refractivity contribution in [2.24, 2.45) is 11.7 Å². The van der Waals surface area contributed by atoms with Crippen LogP contribution < -0.4 is 5.73 Å². The molecule has 1 heterocycles. The number of piperazine rings is 1. The molecule has 0 spiro atoms. The fourth-order valence-electron chi connectivity index (χ4n) is 3.73. The molecule has 3 rings (SSSR count). The Morgan fingerprint density at radius 1 is 1.17 bits per heavy atom. The Hall–Kier alpha value is -1.88. The van der Waals surface area contributed by atoms with Gasteiger partial charge in [-0.25, -0.2) is 0 Å². The van der Waals surface area contributed by atoms with Gasteiger partial charge in [-0.15, -0.1) is 0 Å². The normalized spacial score (nSPS) is 27.3. The average Bonchev–Trinajstić information content (AvgIpc) is 3.34. The largest absolute Gasteiger partial charge is 0.366 e. The number of hydrogen-bond acceptors (Lipinski definition) is 3. The lowest BCUT2D eigenvalue weighted by atomic mass is 10.1. The van der Waals surface area contributed by atoms with Crippen molar-refractivity contribution in [3.05, 3.63) is 35.4 Å². The van der Waals surface area contributed by atoms with Gasteiger partial charge >= 0.3 is 0 Å². The van der Waals surface area contributed by atoms with Crippen molar-refractivity contribution < 1.29 is 9.59 Å². The lowest BCUT2D eigenvalue weighted by molar-refractivity contribution is -0.137. The van der Waals surface area contributed by atoms with Crippen LogP contribution in [0.25, 0.3) is 0 Å². The summed E-state index contributed by atoms with van der Waals surface area (Å²) in [5.41, 5.74) is 6.92. The maximum absolute atomic E-state index is 12.8. The summed E-state index contributed by atoms with van der Waals surface area (Å²) in [5.74, 6) is 0.254. The van der Waals surface area contributed by atoms with Crippen LogP contribution in [0.1, 0.15) is 49.0 Å². The van der Waals surface area contributed by atoms with Crippen molar-refractivity contribution in [2.75, 3.05) is 19.6 Å². The first kappa shape index (κ1) is 17.0. The van der Waals surface area contributed by atoms with Crippen LogP contribution in [0.4, 0.5) is 0 Å². The molecule has 1 saturated heterocycles. The molecule has 2 aliphatic rings. The van der Waals surface area contributed by atoms with E-state index in [1.165, 1.54) is 0 Å². The first-order valence-electron chi connectivity index (χ1n) is 8.82. The average molecular weight is 329 g/mol. The van der Waals surface area contributed by atoms with Crippen molar-refractivity contribution in [2.45, 2.75) is 45.2 Å². The Bertz CT molecular complexity index is 626. The van der Waals surface area contributed by atoms with Crippen LogP contribution in [0, 0.1) is 5.92 Å². The predicted molar refractivity (Wildman–Crippen MR) is 93.7 cm³/mol. The molecule has 5 heteroatoms. The van der Waals surface area contributed by atoms with E-state index in [-0.39, 0.29) is 23.8 Å². The minimum absolute atomic E-state index is 0.0949. The van der Waals surface area contributed by atoms with Crippen molar-refractivity contribution in [3.8, 4) is 0 Å². The van der Waals surface area contributed by atoms with E-state index < -0.39 is 5.91 Å². The van der Waals surface area contributed by atoms with E-state index in [9.17, 15) is 9.59 Å². The number of nitrogens with two attached hydrogens (primary N) is 1. The van der Waals surface area contributed by atoms with E-state index >= 15 is 0 Å². The predicted octanol–water partition coefficient (Wildman–Crippen LogP) is 1.83. The highest BCUT2D eigenvalue weighted by Crippen LogP contribution is 2.48. The number of nitrogens with zero attached hydrogens (tertiary/aromatic N) is 2. The SMILES string of the molecule is CC(C)N1CCN(C(=O)[C@@H]2C[C@H]2c2ccc(C(N)=O)cc2)[C@@H](C)C1. The summed E-state index contributed by atoms with van der Waals surface area (Å²) in [5, 5.41) is 0. The molecule has 130 valence electrons. The van der Waals surface area contributed by atoms with Gasteiger partial charge < -0.3 is 10.6 Å². The molecule has 3 atom stereocenters. The topological polar surface area (TPSA) is 66.6 Å². The monoisotopic (exact) mass is 329 g/mol. The molecule has 0 radical (unpaired) electrons. The minimum atomic E-state index is -0.415. The summed E-state index contributed by atoms with van der Waals surface area (Å²) >= 11 is 0. The summed E-state index contributed by atoms with van der Waals surface area (Å²) in [6.45, 7) is 9.29. The smallest absolute Gasteiger partial charge is 0.248 e. The third-order valence-corrected chi connectivity index (χ3v) is 5.40. The van der Waals surface area contributed by atoms with E-state index in [2.05, 4.69) is 30.6 Å².